The molecule has 0 unspecified atom stereocenters. The SMILES string of the molecule is CCOC(=O)c1cc(-c2ccc(Cl)cc2)c(Cl)nc1N. The molecule has 0 saturated carbocycles. The van der Waals surface area contributed by atoms with Gasteiger partial charge in [0, 0.05) is 10.6 Å². The molecule has 4 nitrogen and oxygen atoms in total. The molecule has 0 aliphatic rings. The van der Waals surface area contributed by atoms with E-state index < -0.39 is 5.97 Å². The molecule has 0 spiro atoms. The summed E-state index contributed by atoms with van der Waals surface area (Å²) in [6.45, 7) is 1.98. The van der Waals surface area contributed by atoms with Crippen LogP contribution in [-0.4, -0.2) is 17.6 Å². The van der Waals surface area contributed by atoms with Gasteiger partial charge >= 0.3 is 5.97 Å². The van der Waals surface area contributed by atoms with Gasteiger partial charge in [-0.3, -0.25) is 0 Å². The monoisotopic (exact) mass is 310 g/mol. The highest BCUT2D eigenvalue weighted by Crippen LogP contribution is 2.30. The minimum absolute atomic E-state index is 0.0474. The second kappa shape index (κ2) is 6.11. The van der Waals surface area contributed by atoms with Crippen LogP contribution in [0.15, 0.2) is 30.3 Å². The van der Waals surface area contributed by atoms with E-state index in [4.69, 9.17) is 33.7 Å². The Balaban J connectivity index is 2.51. The molecule has 1 heterocycles. The van der Waals surface area contributed by atoms with Gasteiger partial charge in [0.05, 0.1) is 6.61 Å². The third-order valence-electron chi connectivity index (χ3n) is 2.66. The van der Waals surface area contributed by atoms with Gasteiger partial charge in [-0.25, -0.2) is 9.78 Å². The Morgan fingerprint density at radius 1 is 1.30 bits per heavy atom. The number of nitrogen functional groups attached to an aromatic ring is 1. The van der Waals surface area contributed by atoms with Gasteiger partial charge in [-0.2, -0.15) is 0 Å². The molecular weight excluding hydrogens is 299 g/mol. The highest BCUT2D eigenvalue weighted by atomic mass is 35.5. The molecule has 0 aliphatic carbocycles. The van der Waals surface area contributed by atoms with Gasteiger partial charge in [0.15, 0.2) is 0 Å². The number of hydrogen-bond acceptors (Lipinski definition) is 4. The largest absolute Gasteiger partial charge is 0.462 e. The number of nitrogens with zero attached hydrogens (tertiary/aromatic N) is 1. The normalized spacial score (nSPS) is 10.3. The van der Waals surface area contributed by atoms with E-state index in [1.54, 1.807) is 37.3 Å². The summed E-state index contributed by atoms with van der Waals surface area (Å²) < 4.78 is 4.94. The topological polar surface area (TPSA) is 65.2 Å². The Hall–Kier alpha value is -1.78. The van der Waals surface area contributed by atoms with E-state index in [1.165, 1.54) is 0 Å². The van der Waals surface area contributed by atoms with Crippen molar-refractivity contribution in [3.63, 3.8) is 0 Å². The molecular formula is C14H12Cl2N2O2. The Labute approximate surface area is 126 Å². The first-order valence-corrected chi connectivity index (χ1v) is 6.67. The Morgan fingerprint density at radius 2 is 1.95 bits per heavy atom. The maximum Gasteiger partial charge on any atom is 0.341 e. The van der Waals surface area contributed by atoms with E-state index >= 15 is 0 Å². The number of ether oxygens (including phenoxy) is 1. The Bertz CT molecular complexity index is 642. The van der Waals surface area contributed by atoms with Crippen LogP contribution in [-0.2, 0) is 4.74 Å². The lowest BCUT2D eigenvalue weighted by atomic mass is 10.1. The van der Waals surface area contributed by atoms with E-state index in [1.807, 2.05) is 0 Å². The van der Waals surface area contributed by atoms with Crippen LogP contribution in [0.4, 0.5) is 5.82 Å². The molecule has 0 bridgehead atoms. The van der Waals surface area contributed by atoms with Crippen LogP contribution < -0.4 is 5.73 Å². The van der Waals surface area contributed by atoms with Crippen LogP contribution >= 0.6 is 23.2 Å². The predicted molar refractivity (Wildman–Crippen MR) is 80.1 cm³/mol. The summed E-state index contributed by atoms with van der Waals surface area (Å²) in [6, 6.07) is 8.61. The summed E-state index contributed by atoms with van der Waals surface area (Å²) in [5, 5.41) is 0.830. The third kappa shape index (κ3) is 3.03. The summed E-state index contributed by atoms with van der Waals surface area (Å²) in [5.74, 6) is -0.476. The number of rotatable bonds is 3. The minimum Gasteiger partial charge on any atom is -0.462 e. The molecule has 1 aromatic heterocycles. The molecule has 0 radical (unpaired) electrons. The first-order chi connectivity index (χ1) is 9.52. The molecule has 1 aromatic carbocycles. The number of esters is 1. The van der Waals surface area contributed by atoms with Gasteiger partial charge in [0.1, 0.15) is 16.5 Å². The van der Waals surface area contributed by atoms with Crippen molar-refractivity contribution in [2.75, 3.05) is 12.3 Å². The maximum atomic E-state index is 11.8. The molecule has 0 atom stereocenters. The van der Waals surface area contributed by atoms with Crippen molar-refractivity contribution >= 4 is 35.0 Å². The zero-order chi connectivity index (χ0) is 14.7. The van der Waals surface area contributed by atoms with Crippen LogP contribution in [0.2, 0.25) is 10.2 Å². The van der Waals surface area contributed by atoms with Gasteiger partial charge < -0.3 is 10.5 Å². The summed E-state index contributed by atoms with van der Waals surface area (Å²) in [7, 11) is 0. The number of aromatic nitrogens is 1. The highest BCUT2D eigenvalue weighted by Gasteiger charge is 2.16. The number of benzene rings is 1. The van der Waals surface area contributed by atoms with Crippen molar-refractivity contribution in [1.82, 2.24) is 4.98 Å². The lowest BCUT2D eigenvalue weighted by Crippen LogP contribution is -2.10. The maximum absolute atomic E-state index is 11.8. The van der Waals surface area contributed by atoms with Gasteiger partial charge in [-0.05, 0) is 30.7 Å². The fourth-order valence-electron chi connectivity index (χ4n) is 1.71. The standard InChI is InChI=1S/C14H12Cl2N2O2/c1-2-20-14(19)11-7-10(12(16)18-13(11)17)8-3-5-9(15)6-4-8/h3-7H,2H2,1H3,(H2,17,18). The van der Waals surface area contributed by atoms with Gasteiger partial charge in [-0.15, -0.1) is 0 Å². The number of halogens is 2. The summed E-state index contributed by atoms with van der Waals surface area (Å²) in [5.41, 5.74) is 7.29. The highest BCUT2D eigenvalue weighted by molar-refractivity contribution is 6.32. The van der Waals surface area contributed by atoms with Crippen molar-refractivity contribution in [2.45, 2.75) is 6.92 Å². The quantitative estimate of drug-likeness (QED) is 0.691. The molecule has 2 aromatic rings. The molecule has 2 rings (SSSR count). The van der Waals surface area contributed by atoms with E-state index in [2.05, 4.69) is 4.98 Å². The average molecular weight is 311 g/mol. The fourth-order valence-corrected chi connectivity index (χ4v) is 2.09. The van der Waals surface area contributed by atoms with Gasteiger partial charge in [-0.1, -0.05) is 35.3 Å². The summed E-state index contributed by atoms with van der Waals surface area (Å²) >= 11 is 11.9. The molecule has 0 amide bonds. The summed E-state index contributed by atoms with van der Waals surface area (Å²) in [6.07, 6.45) is 0. The Morgan fingerprint density at radius 3 is 2.55 bits per heavy atom. The zero-order valence-electron chi connectivity index (χ0n) is 10.7. The van der Waals surface area contributed by atoms with Gasteiger partial charge in [0.25, 0.3) is 0 Å². The predicted octanol–water partition coefficient (Wildman–Crippen LogP) is 3.81. The van der Waals surface area contributed by atoms with Crippen molar-refractivity contribution < 1.29 is 9.53 Å². The Kier molecular flexibility index (Phi) is 4.47. The van der Waals surface area contributed by atoms with Crippen LogP contribution in [0.3, 0.4) is 0 Å². The van der Waals surface area contributed by atoms with E-state index in [0.717, 1.165) is 5.56 Å². The molecule has 0 aliphatic heterocycles. The molecule has 0 saturated heterocycles. The van der Waals surface area contributed by atoms with Crippen molar-refractivity contribution in [3.8, 4) is 11.1 Å². The van der Waals surface area contributed by atoms with E-state index in [0.29, 0.717) is 10.6 Å². The number of carbonyl (C=O) groups is 1. The number of carbonyl (C=O) groups excluding carboxylic acids is 1. The van der Waals surface area contributed by atoms with Gasteiger partial charge in [0.2, 0.25) is 0 Å². The number of nitrogens with two attached hydrogens (primary N) is 1. The molecule has 20 heavy (non-hydrogen) atoms. The van der Waals surface area contributed by atoms with Crippen molar-refractivity contribution in [3.05, 3.63) is 46.1 Å². The number of pyridine rings is 1. The van der Waals surface area contributed by atoms with E-state index in [9.17, 15) is 4.79 Å². The second-order valence-corrected chi connectivity index (χ2v) is 4.78. The van der Waals surface area contributed by atoms with Crippen LogP contribution in [0.1, 0.15) is 17.3 Å². The lowest BCUT2D eigenvalue weighted by Gasteiger charge is -2.09. The molecule has 0 fully saturated rings. The number of anilines is 1. The summed E-state index contributed by atoms with van der Waals surface area (Å²) in [4.78, 5) is 15.8. The van der Waals surface area contributed by atoms with Crippen molar-refractivity contribution in [2.24, 2.45) is 0 Å². The van der Waals surface area contributed by atoms with Crippen LogP contribution in [0, 0.1) is 0 Å². The molecule has 2 N–H and O–H groups in total. The smallest absolute Gasteiger partial charge is 0.341 e. The minimum atomic E-state index is -0.524. The average Bonchev–Trinajstić information content (AvgIpc) is 2.40. The first kappa shape index (κ1) is 14.6. The van der Waals surface area contributed by atoms with Crippen LogP contribution in [0.5, 0.6) is 0 Å². The van der Waals surface area contributed by atoms with E-state index in [-0.39, 0.29) is 23.1 Å². The molecule has 6 heteroatoms. The molecule has 104 valence electrons. The van der Waals surface area contributed by atoms with Crippen LogP contribution in [0.25, 0.3) is 11.1 Å². The zero-order valence-corrected chi connectivity index (χ0v) is 12.2. The first-order valence-electron chi connectivity index (χ1n) is 5.92. The van der Waals surface area contributed by atoms with Crippen molar-refractivity contribution in [1.29, 1.82) is 0 Å². The number of hydrogen-bond donors (Lipinski definition) is 1. The third-order valence-corrected chi connectivity index (χ3v) is 3.20. The lowest BCUT2D eigenvalue weighted by molar-refractivity contribution is 0.0527. The fraction of sp³-hybridized carbons (Fsp3) is 0.143. The second-order valence-electron chi connectivity index (χ2n) is 3.99.